The first-order valence-corrected chi connectivity index (χ1v) is 10.4. The number of nitrogens with zero attached hydrogens (tertiary/aromatic N) is 2. The van der Waals surface area contributed by atoms with Gasteiger partial charge in [0.05, 0.1) is 0 Å². The Hall–Kier alpha value is -3.39. The molecule has 5 nitrogen and oxygen atoms in total. The maximum atomic E-state index is 14.1. The smallest absolute Gasteiger partial charge is 0.355 e. The molecule has 0 radical (unpaired) electrons. The highest BCUT2D eigenvalue weighted by molar-refractivity contribution is 5.79. The van der Waals surface area contributed by atoms with Crippen LogP contribution in [0.2, 0.25) is 0 Å². The van der Waals surface area contributed by atoms with E-state index < -0.39 is 11.7 Å². The molecule has 0 spiro atoms. The predicted molar refractivity (Wildman–Crippen MR) is 113 cm³/mol. The van der Waals surface area contributed by atoms with Crippen LogP contribution in [0.3, 0.4) is 0 Å². The van der Waals surface area contributed by atoms with E-state index in [0.29, 0.717) is 29.7 Å². The number of aromatic nitrogens is 2. The molecule has 5 rings (SSSR count). The highest BCUT2D eigenvalue weighted by atomic mass is 19.4. The summed E-state index contributed by atoms with van der Waals surface area (Å²) in [6, 6.07) is 14.2. The molecule has 2 aromatic carbocycles. The summed E-state index contributed by atoms with van der Waals surface area (Å²) in [7, 11) is 0. The molecule has 0 atom stereocenters. The number of alkyl halides is 3. The Labute approximate surface area is 182 Å². The normalized spacial score (nSPS) is 13.1. The molecule has 1 aliphatic carbocycles. The quantitative estimate of drug-likeness (QED) is 0.420. The maximum absolute atomic E-state index is 14.1. The zero-order valence-corrected chi connectivity index (χ0v) is 17.3. The third-order valence-corrected chi connectivity index (χ3v) is 5.66. The van der Waals surface area contributed by atoms with Crippen molar-refractivity contribution in [3.63, 3.8) is 0 Å². The molecule has 32 heavy (non-hydrogen) atoms. The highest BCUT2D eigenvalue weighted by Crippen LogP contribution is 2.46. The first kappa shape index (κ1) is 20.5. The second-order valence-corrected chi connectivity index (χ2v) is 7.71. The Morgan fingerprint density at radius 1 is 0.938 bits per heavy atom. The summed E-state index contributed by atoms with van der Waals surface area (Å²) in [6.45, 7) is 3.68. The van der Waals surface area contributed by atoms with Gasteiger partial charge < -0.3 is 14.4 Å². The van der Waals surface area contributed by atoms with Crippen LogP contribution in [0.5, 0.6) is 0 Å². The molecule has 1 N–H and O–H groups in total. The molecular weight excluding hydrogens is 419 g/mol. The van der Waals surface area contributed by atoms with Crippen LogP contribution < -0.4 is 5.32 Å². The molecule has 0 amide bonds. The van der Waals surface area contributed by atoms with Gasteiger partial charge in [-0.3, -0.25) is 0 Å². The van der Waals surface area contributed by atoms with Crippen molar-refractivity contribution < 1.29 is 22.2 Å². The standard InChI is InChI=1S/C24H20F3N3O2/c1-2-28-13-14-8-10-17-16(12-14)9-11-18-20(17)29-32-23(18)21-19(24(25,26)27)22(31-30-21)15-6-4-3-5-7-15/h3-8,10,12,28H,2,9,11,13H2,1H3. The topological polar surface area (TPSA) is 64.1 Å². The number of rotatable bonds is 5. The number of hydrogen-bond donors (Lipinski definition) is 1. The fourth-order valence-electron chi connectivity index (χ4n) is 4.16. The molecule has 0 fully saturated rings. The van der Waals surface area contributed by atoms with Crippen LogP contribution in [-0.2, 0) is 25.6 Å². The van der Waals surface area contributed by atoms with Crippen molar-refractivity contribution in [1.82, 2.24) is 15.6 Å². The average molecular weight is 439 g/mol. The van der Waals surface area contributed by atoms with E-state index in [2.05, 4.69) is 21.7 Å². The highest BCUT2D eigenvalue weighted by Gasteiger charge is 2.43. The minimum Gasteiger partial charge on any atom is -0.355 e. The number of nitrogens with one attached hydrogen (secondary N) is 1. The third-order valence-electron chi connectivity index (χ3n) is 5.66. The van der Waals surface area contributed by atoms with Crippen LogP contribution in [0.25, 0.3) is 34.0 Å². The van der Waals surface area contributed by atoms with Crippen molar-refractivity contribution in [3.05, 3.63) is 70.8 Å². The van der Waals surface area contributed by atoms with Crippen LogP contribution in [0.15, 0.2) is 57.6 Å². The lowest BCUT2D eigenvalue weighted by Crippen LogP contribution is -2.13. The Kier molecular flexibility index (Phi) is 5.09. The van der Waals surface area contributed by atoms with Crippen LogP contribution >= 0.6 is 0 Å². The molecule has 0 saturated carbocycles. The number of benzene rings is 2. The SMILES string of the molecule is CCNCc1ccc2c(c1)CCc1c-2noc1-c1noc(-c2ccccc2)c1C(F)(F)F. The van der Waals surface area contributed by atoms with Gasteiger partial charge in [0.25, 0.3) is 0 Å². The van der Waals surface area contributed by atoms with E-state index in [9.17, 15) is 13.2 Å². The molecule has 1 aliphatic rings. The fourth-order valence-corrected chi connectivity index (χ4v) is 4.16. The van der Waals surface area contributed by atoms with Crippen LogP contribution in [-0.4, -0.2) is 16.9 Å². The second-order valence-electron chi connectivity index (χ2n) is 7.71. The van der Waals surface area contributed by atoms with Crippen molar-refractivity contribution >= 4 is 0 Å². The average Bonchev–Trinajstić information content (AvgIpc) is 3.42. The summed E-state index contributed by atoms with van der Waals surface area (Å²) in [4.78, 5) is 0. The van der Waals surface area contributed by atoms with Crippen LogP contribution in [0, 0.1) is 0 Å². The zero-order valence-electron chi connectivity index (χ0n) is 17.3. The molecule has 2 aromatic heterocycles. The summed E-state index contributed by atoms with van der Waals surface area (Å²) >= 11 is 0. The van der Waals surface area contributed by atoms with Gasteiger partial charge in [-0.2, -0.15) is 13.2 Å². The van der Waals surface area contributed by atoms with Crippen LogP contribution in [0.1, 0.15) is 29.2 Å². The molecule has 0 saturated heterocycles. The summed E-state index contributed by atoms with van der Waals surface area (Å²) in [5, 5.41) is 11.2. The first-order valence-electron chi connectivity index (χ1n) is 10.4. The van der Waals surface area contributed by atoms with Crippen molar-refractivity contribution in [2.24, 2.45) is 0 Å². The lowest BCUT2D eigenvalue weighted by atomic mass is 9.87. The van der Waals surface area contributed by atoms with E-state index in [1.165, 1.54) is 0 Å². The zero-order chi connectivity index (χ0) is 22.3. The van der Waals surface area contributed by atoms with Gasteiger partial charge in [-0.25, -0.2) is 0 Å². The Morgan fingerprint density at radius 2 is 1.69 bits per heavy atom. The molecule has 2 heterocycles. The monoisotopic (exact) mass is 439 g/mol. The molecule has 8 heteroatoms. The number of fused-ring (bicyclic) bond motifs is 3. The van der Waals surface area contributed by atoms with Gasteiger partial charge in [0.1, 0.15) is 11.3 Å². The second kappa shape index (κ2) is 7.94. The van der Waals surface area contributed by atoms with Gasteiger partial charge >= 0.3 is 6.18 Å². The van der Waals surface area contributed by atoms with Crippen molar-refractivity contribution in [3.8, 4) is 34.0 Å². The molecule has 4 aromatic rings. The van der Waals surface area contributed by atoms with E-state index in [4.69, 9.17) is 9.05 Å². The van der Waals surface area contributed by atoms with E-state index in [1.807, 2.05) is 19.1 Å². The minimum absolute atomic E-state index is 0.0145. The van der Waals surface area contributed by atoms with E-state index in [0.717, 1.165) is 29.8 Å². The number of hydrogen-bond acceptors (Lipinski definition) is 5. The molecule has 0 aliphatic heterocycles. The maximum Gasteiger partial charge on any atom is 0.422 e. The van der Waals surface area contributed by atoms with Gasteiger partial charge in [0, 0.05) is 23.2 Å². The molecule has 164 valence electrons. The van der Waals surface area contributed by atoms with Gasteiger partial charge in [-0.1, -0.05) is 65.8 Å². The van der Waals surface area contributed by atoms with Gasteiger partial charge in [0.2, 0.25) is 0 Å². The van der Waals surface area contributed by atoms with Gasteiger partial charge in [0.15, 0.2) is 17.2 Å². The summed E-state index contributed by atoms with van der Waals surface area (Å²) in [5.74, 6) is -0.317. The van der Waals surface area contributed by atoms with Crippen molar-refractivity contribution in [2.45, 2.75) is 32.5 Å². The molecular formula is C24H20F3N3O2. The summed E-state index contributed by atoms with van der Waals surface area (Å²) in [5.41, 5.74) is 3.30. The predicted octanol–water partition coefficient (Wildman–Crippen LogP) is 5.89. The lowest BCUT2D eigenvalue weighted by Gasteiger charge is -2.16. The van der Waals surface area contributed by atoms with Gasteiger partial charge in [-0.15, -0.1) is 0 Å². The van der Waals surface area contributed by atoms with E-state index in [-0.39, 0.29) is 17.2 Å². The van der Waals surface area contributed by atoms with Crippen LogP contribution in [0.4, 0.5) is 13.2 Å². The first-order chi connectivity index (χ1) is 15.5. The third kappa shape index (κ3) is 3.50. The van der Waals surface area contributed by atoms with Crippen molar-refractivity contribution in [2.75, 3.05) is 6.54 Å². The minimum atomic E-state index is -4.67. The lowest BCUT2D eigenvalue weighted by molar-refractivity contribution is -0.136. The Balaban J connectivity index is 1.59. The van der Waals surface area contributed by atoms with E-state index in [1.54, 1.807) is 30.3 Å². The number of halogens is 3. The van der Waals surface area contributed by atoms with Gasteiger partial charge in [-0.05, 0) is 30.5 Å². The van der Waals surface area contributed by atoms with E-state index >= 15 is 0 Å². The molecule has 0 bridgehead atoms. The fraction of sp³-hybridized carbons (Fsp3) is 0.250. The summed E-state index contributed by atoms with van der Waals surface area (Å²) in [6.07, 6.45) is -3.48. The largest absolute Gasteiger partial charge is 0.422 e. The Morgan fingerprint density at radius 3 is 2.44 bits per heavy atom. The van der Waals surface area contributed by atoms with Crippen molar-refractivity contribution in [1.29, 1.82) is 0 Å². The number of aryl methyl sites for hydroxylation is 1. The summed E-state index contributed by atoms with van der Waals surface area (Å²) < 4.78 is 52.8. The Bertz CT molecular complexity index is 1260. The molecule has 0 unspecified atom stereocenters.